The number of ether oxygens (including phenoxy) is 1. The van der Waals surface area contributed by atoms with Gasteiger partial charge in [-0.05, 0) is 37.0 Å². The zero-order chi connectivity index (χ0) is 20.2. The van der Waals surface area contributed by atoms with Crippen molar-refractivity contribution in [3.8, 4) is 0 Å². The molecule has 9 heteroatoms. The van der Waals surface area contributed by atoms with Gasteiger partial charge in [0.25, 0.3) is 11.5 Å². The summed E-state index contributed by atoms with van der Waals surface area (Å²) in [6.45, 7) is 3.21. The van der Waals surface area contributed by atoms with Gasteiger partial charge in [-0.3, -0.25) is 9.59 Å². The molecule has 1 saturated heterocycles. The predicted molar refractivity (Wildman–Crippen MR) is 113 cm³/mol. The molecule has 3 heterocycles. The van der Waals surface area contributed by atoms with E-state index in [0.29, 0.717) is 23.2 Å². The Kier molecular flexibility index (Phi) is 5.86. The second kappa shape index (κ2) is 8.71. The Bertz CT molecular complexity index is 1070. The molecule has 1 aliphatic rings. The van der Waals surface area contributed by atoms with Gasteiger partial charge >= 0.3 is 0 Å². The number of rotatable bonds is 7. The van der Waals surface area contributed by atoms with E-state index >= 15 is 0 Å². The molecule has 1 unspecified atom stereocenters. The minimum atomic E-state index is -0.358. The smallest absolute Gasteiger partial charge is 0.275 e. The molecule has 152 valence electrons. The Morgan fingerprint density at radius 2 is 2.28 bits per heavy atom. The lowest BCUT2D eigenvalue weighted by atomic mass is 10.2. The predicted octanol–water partition coefficient (Wildman–Crippen LogP) is 2.83. The third-order valence-corrected chi connectivity index (χ3v) is 5.53. The van der Waals surface area contributed by atoms with E-state index in [4.69, 9.17) is 4.74 Å². The van der Waals surface area contributed by atoms with Crippen molar-refractivity contribution >= 4 is 33.0 Å². The molecule has 0 radical (unpaired) electrons. The van der Waals surface area contributed by atoms with Gasteiger partial charge in [-0.15, -0.1) is 5.10 Å². The van der Waals surface area contributed by atoms with E-state index in [0.717, 1.165) is 42.6 Å². The number of benzene rings is 1. The van der Waals surface area contributed by atoms with Gasteiger partial charge in [0, 0.05) is 30.6 Å². The summed E-state index contributed by atoms with van der Waals surface area (Å²) in [6, 6.07) is 9.17. The fraction of sp³-hybridized carbons (Fsp3) is 0.400. The van der Waals surface area contributed by atoms with Gasteiger partial charge in [0.2, 0.25) is 10.1 Å². The van der Waals surface area contributed by atoms with Crippen molar-refractivity contribution in [2.24, 2.45) is 0 Å². The topological polar surface area (TPSA) is 97.6 Å². The molecule has 0 bridgehead atoms. The SMILES string of the molecule is CCCc1cc(=O)n2nc(NCc3cccc(NC(=O)C4CCCO4)c3)sc2n1. The molecule has 8 nitrogen and oxygen atoms in total. The maximum atomic E-state index is 12.2. The Morgan fingerprint density at radius 1 is 1.38 bits per heavy atom. The molecule has 1 aliphatic heterocycles. The molecule has 1 amide bonds. The highest BCUT2D eigenvalue weighted by atomic mass is 32.1. The number of carbonyl (C=O) groups excluding carboxylic acids is 1. The summed E-state index contributed by atoms with van der Waals surface area (Å²) >= 11 is 1.35. The standard InChI is InChI=1S/C20H23N5O3S/c1-2-5-14-11-17(26)25-20(23-14)29-19(24-25)21-12-13-6-3-7-15(10-13)22-18(27)16-8-4-9-28-16/h3,6-7,10-11,16H,2,4-5,8-9,12H2,1H3,(H,21,24)(H,22,27). The molecule has 1 fully saturated rings. The summed E-state index contributed by atoms with van der Waals surface area (Å²) < 4.78 is 6.74. The van der Waals surface area contributed by atoms with Crippen LogP contribution in [0.5, 0.6) is 0 Å². The normalized spacial score (nSPS) is 16.2. The van der Waals surface area contributed by atoms with Crippen LogP contribution in [0.4, 0.5) is 10.8 Å². The van der Waals surface area contributed by atoms with Crippen molar-refractivity contribution in [2.75, 3.05) is 17.2 Å². The number of hydrogen-bond donors (Lipinski definition) is 2. The van der Waals surface area contributed by atoms with Crippen LogP contribution in [0.2, 0.25) is 0 Å². The van der Waals surface area contributed by atoms with Crippen LogP contribution in [-0.2, 0) is 22.5 Å². The highest BCUT2D eigenvalue weighted by Crippen LogP contribution is 2.20. The average Bonchev–Trinajstić information content (AvgIpc) is 3.37. The molecular formula is C20H23N5O3S. The molecule has 3 aromatic rings. The maximum Gasteiger partial charge on any atom is 0.275 e. The molecule has 2 N–H and O–H groups in total. The Labute approximate surface area is 171 Å². The van der Waals surface area contributed by atoms with Crippen LogP contribution < -0.4 is 16.2 Å². The second-order valence-corrected chi connectivity index (χ2v) is 7.94. The first kappa shape index (κ1) is 19.5. The third-order valence-electron chi connectivity index (χ3n) is 4.66. The number of aryl methyl sites for hydroxylation is 1. The summed E-state index contributed by atoms with van der Waals surface area (Å²) in [5.41, 5.74) is 2.35. The summed E-state index contributed by atoms with van der Waals surface area (Å²) in [5, 5.41) is 11.1. The lowest BCUT2D eigenvalue weighted by Crippen LogP contribution is -2.26. The largest absolute Gasteiger partial charge is 0.368 e. The quantitative estimate of drug-likeness (QED) is 0.618. The van der Waals surface area contributed by atoms with Gasteiger partial charge in [-0.1, -0.05) is 36.8 Å². The van der Waals surface area contributed by atoms with Crippen LogP contribution in [-0.4, -0.2) is 33.2 Å². The van der Waals surface area contributed by atoms with Crippen LogP contribution in [0.3, 0.4) is 0 Å². The number of nitrogens with zero attached hydrogens (tertiary/aromatic N) is 3. The van der Waals surface area contributed by atoms with Crippen molar-refractivity contribution in [3.05, 3.63) is 51.9 Å². The number of fused-ring (bicyclic) bond motifs is 1. The van der Waals surface area contributed by atoms with Crippen molar-refractivity contribution in [1.82, 2.24) is 14.6 Å². The van der Waals surface area contributed by atoms with Gasteiger partial charge in [0.15, 0.2) is 0 Å². The summed E-state index contributed by atoms with van der Waals surface area (Å²) in [7, 11) is 0. The fourth-order valence-electron chi connectivity index (χ4n) is 3.26. The zero-order valence-electron chi connectivity index (χ0n) is 16.2. The minimum Gasteiger partial charge on any atom is -0.368 e. The monoisotopic (exact) mass is 413 g/mol. The number of amides is 1. The van der Waals surface area contributed by atoms with Gasteiger partial charge in [0.1, 0.15) is 6.10 Å². The third kappa shape index (κ3) is 4.63. The van der Waals surface area contributed by atoms with E-state index in [1.54, 1.807) is 6.07 Å². The van der Waals surface area contributed by atoms with Gasteiger partial charge in [-0.2, -0.15) is 4.52 Å². The first-order valence-corrected chi connectivity index (χ1v) is 10.6. The van der Waals surface area contributed by atoms with E-state index < -0.39 is 0 Å². The van der Waals surface area contributed by atoms with Crippen molar-refractivity contribution in [2.45, 2.75) is 45.3 Å². The van der Waals surface area contributed by atoms with Crippen LogP contribution in [0.25, 0.3) is 4.96 Å². The van der Waals surface area contributed by atoms with Crippen LogP contribution >= 0.6 is 11.3 Å². The average molecular weight is 414 g/mol. The van der Waals surface area contributed by atoms with E-state index in [2.05, 4.69) is 27.6 Å². The Balaban J connectivity index is 1.43. The molecule has 1 atom stereocenters. The first-order chi connectivity index (χ1) is 14.1. The zero-order valence-corrected chi connectivity index (χ0v) is 17.0. The van der Waals surface area contributed by atoms with Crippen LogP contribution in [0.1, 0.15) is 37.4 Å². The highest BCUT2D eigenvalue weighted by molar-refractivity contribution is 7.20. The number of aromatic nitrogens is 3. The summed E-state index contributed by atoms with van der Waals surface area (Å²) in [5.74, 6) is -0.105. The first-order valence-electron chi connectivity index (χ1n) is 9.77. The van der Waals surface area contributed by atoms with Gasteiger partial charge in [-0.25, -0.2) is 4.98 Å². The van der Waals surface area contributed by atoms with Crippen molar-refractivity contribution < 1.29 is 9.53 Å². The number of nitrogens with one attached hydrogen (secondary N) is 2. The molecular weight excluding hydrogens is 390 g/mol. The Hall–Kier alpha value is -2.78. The van der Waals surface area contributed by atoms with Gasteiger partial charge < -0.3 is 15.4 Å². The minimum absolute atomic E-state index is 0.105. The van der Waals surface area contributed by atoms with E-state index in [1.807, 2.05) is 24.3 Å². The second-order valence-electron chi connectivity index (χ2n) is 6.98. The summed E-state index contributed by atoms with van der Waals surface area (Å²) in [6.07, 6.45) is 3.03. The van der Waals surface area contributed by atoms with E-state index in [9.17, 15) is 9.59 Å². The molecule has 4 rings (SSSR count). The Morgan fingerprint density at radius 3 is 3.07 bits per heavy atom. The highest BCUT2D eigenvalue weighted by Gasteiger charge is 2.23. The number of hydrogen-bond acceptors (Lipinski definition) is 7. The van der Waals surface area contributed by atoms with E-state index in [-0.39, 0.29) is 17.6 Å². The summed E-state index contributed by atoms with van der Waals surface area (Å²) in [4.78, 5) is 29.5. The lowest BCUT2D eigenvalue weighted by Gasteiger charge is -2.11. The molecule has 0 spiro atoms. The van der Waals surface area contributed by atoms with Crippen molar-refractivity contribution in [1.29, 1.82) is 0 Å². The molecule has 1 aromatic carbocycles. The van der Waals surface area contributed by atoms with Crippen LogP contribution in [0, 0.1) is 0 Å². The lowest BCUT2D eigenvalue weighted by molar-refractivity contribution is -0.124. The van der Waals surface area contributed by atoms with Crippen molar-refractivity contribution in [3.63, 3.8) is 0 Å². The molecule has 0 saturated carbocycles. The number of anilines is 2. The molecule has 29 heavy (non-hydrogen) atoms. The maximum absolute atomic E-state index is 12.2. The molecule has 2 aromatic heterocycles. The number of carbonyl (C=O) groups is 1. The van der Waals surface area contributed by atoms with Gasteiger partial charge in [0.05, 0.1) is 0 Å². The van der Waals surface area contributed by atoms with Crippen LogP contribution in [0.15, 0.2) is 35.1 Å². The molecule has 0 aliphatic carbocycles. The van der Waals surface area contributed by atoms with E-state index in [1.165, 1.54) is 15.9 Å². The fourth-order valence-corrected chi connectivity index (χ4v) is 4.08.